The number of carbonyl (C=O) groups is 2. The lowest BCUT2D eigenvalue weighted by Gasteiger charge is -2.32. The summed E-state index contributed by atoms with van der Waals surface area (Å²) in [7, 11) is 1.57. The fourth-order valence-corrected chi connectivity index (χ4v) is 4.26. The summed E-state index contributed by atoms with van der Waals surface area (Å²) in [6.45, 7) is 4.95. The van der Waals surface area contributed by atoms with Crippen molar-refractivity contribution in [2.24, 2.45) is 0 Å². The van der Waals surface area contributed by atoms with Gasteiger partial charge in [-0.2, -0.15) is 0 Å². The van der Waals surface area contributed by atoms with E-state index in [0.29, 0.717) is 30.2 Å². The maximum atomic E-state index is 13.5. The number of nitrogens with zero attached hydrogens (tertiary/aromatic N) is 1. The monoisotopic (exact) mass is 452 g/mol. The lowest BCUT2D eigenvalue weighted by atomic mass is 10.0. The Labute approximate surface area is 191 Å². The smallest absolute Gasteiger partial charge is 0.247 e. The zero-order valence-electron chi connectivity index (χ0n) is 19.1. The first-order chi connectivity index (χ1) is 15.0. The molecule has 0 spiro atoms. The molecule has 1 aromatic rings. The molecule has 1 saturated carbocycles. The van der Waals surface area contributed by atoms with E-state index in [2.05, 4.69) is 12.2 Å². The summed E-state index contributed by atoms with van der Waals surface area (Å²) in [6.07, 6.45) is 8.31. The van der Waals surface area contributed by atoms with Crippen molar-refractivity contribution in [1.29, 1.82) is 0 Å². The van der Waals surface area contributed by atoms with E-state index in [0.717, 1.165) is 38.5 Å². The molecule has 1 unspecified atom stereocenters. The van der Waals surface area contributed by atoms with Crippen molar-refractivity contribution in [3.63, 3.8) is 0 Å². The number of amides is 2. The SMILES string of the molecule is CCCCN(C(=O)CCl)C(C(=O)NC1CCCCCC1)c1ccc(OCC)c(OC)c1. The van der Waals surface area contributed by atoms with Crippen molar-refractivity contribution >= 4 is 23.4 Å². The van der Waals surface area contributed by atoms with Crippen molar-refractivity contribution in [3.8, 4) is 11.5 Å². The van der Waals surface area contributed by atoms with Gasteiger partial charge in [0.25, 0.3) is 0 Å². The summed E-state index contributed by atoms with van der Waals surface area (Å²) in [5.41, 5.74) is 0.695. The third-order valence-corrected chi connectivity index (χ3v) is 5.98. The van der Waals surface area contributed by atoms with E-state index in [-0.39, 0.29) is 23.7 Å². The van der Waals surface area contributed by atoms with Gasteiger partial charge in [-0.15, -0.1) is 11.6 Å². The molecule has 31 heavy (non-hydrogen) atoms. The Kier molecular flexibility index (Phi) is 11.0. The number of alkyl halides is 1. The van der Waals surface area contributed by atoms with E-state index in [9.17, 15) is 9.59 Å². The van der Waals surface area contributed by atoms with Crippen LogP contribution >= 0.6 is 11.6 Å². The molecule has 174 valence electrons. The summed E-state index contributed by atoms with van der Waals surface area (Å²) in [5, 5.41) is 3.22. The Morgan fingerprint density at radius 1 is 1.16 bits per heavy atom. The molecule has 0 aliphatic heterocycles. The van der Waals surface area contributed by atoms with Crippen LogP contribution in [0.15, 0.2) is 18.2 Å². The number of hydrogen-bond donors (Lipinski definition) is 1. The van der Waals surface area contributed by atoms with E-state index in [4.69, 9.17) is 21.1 Å². The lowest BCUT2D eigenvalue weighted by molar-refractivity contribution is -0.139. The number of hydrogen-bond acceptors (Lipinski definition) is 4. The number of halogens is 1. The van der Waals surface area contributed by atoms with E-state index < -0.39 is 6.04 Å². The van der Waals surface area contributed by atoms with Crippen LogP contribution in [0.3, 0.4) is 0 Å². The molecule has 2 rings (SSSR count). The molecular weight excluding hydrogens is 416 g/mol. The zero-order valence-corrected chi connectivity index (χ0v) is 19.9. The van der Waals surface area contributed by atoms with Crippen molar-refractivity contribution < 1.29 is 19.1 Å². The highest BCUT2D eigenvalue weighted by molar-refractivity contribution is 6.27. The molecule has 1 aromatic carbocycles. The predicted octanol–water partition coefficient (Wildman–Crippen LogP) is 4.84. The number of unbranched alkanes of at least 4 members (excludes halogenated alkanes) is 1. The standard InChI is InChI=1S/C24H37ClN2O4/c1-4-6-15-27(22(28)17-25)23(24(29)26-19-11-9-7-8-10-12-19)18-13-14-20(31-5-2)21(16-18)30-3/h13-14,16,19,23H,4-12,15,17H2,1-3H3,(H,26,29). The highest BCUT2D eigenvalue weighted by Crippen LogP contribution is 2.33. The number of carbonyl (C=O) groups excluding carboxylic acids is 2. The molecule has 0 radical (unpaired) electrons. The normalized spacial score (nSPS) is 15.6. The number of rotatable bonds is 11. The minimum atomic E-state index is -0.759. The minimum absolute atomic E-state index is 0.140. The molecule has 1 N–H and O–H groups in total. The maximum absolute atomic E-state index is 13.5. The van der Waals surface area contributed by atoms with Crippen LogP contribution < -0.4 is 14.8 Å². The van der Waals surface area contributed by atoms with Gasteiger partial charge in [-0.05, 0) is 43.9 Å². The topological polar surface area (TPSA) is 67.9 Å². The maximum Gasteiger partial charge on any atom is 0.247 e. The van der Waals surface area contributed by atoms with Crippen LogP contribution in [-0.2, 0) is 9.59 Å². The summed E-state index contributed by atoms with van der Waals surface area (Å²) < 4.78 is 11.1. The van der Waals surface area contributed by atoms with Crippen molar-refractivity contribution in [2.75, 3.05) is 26.1 Å². The first-order valence-corrected chi connectivity index (χ1v) is 12.1. The molecule has 7 heteroatoms. The summed E-state index contributed by atoms with van der Waals surface area (Å²) >= 11 is 5.93. The Balaban J connectivity index is 2.40. The van der Waals surface area contributed by atoms with Crippen LogP contribution in [0.25, 0.3) is 0 Å². The van der Waals surface area contributed by atoms with Gasteiger partial charge in [-0.25, -0.2) is 0 Å². The molecule has 1 fully saturated rings. The molecule has 0 heterocycles. The van der Waals surface area contributed by atoms with Gasteiger partial charge in [0.15, 0.2) is 11.5 Å². The molecular formula is C24H37ClN2O4. The van der Waals surface area contributed by atoms with Crippen LogP contribution in [0.4, 0.5) is 0 Å². The third kappa shape index (κ3) is 7.30. The fourth-order valence-electron chi connectivity index (χ4n) is 4.11. The fraction of sp³-hybridized carbons (Fsp3) is 0.667. The second-order valence-electron chi connectivity index (χ2n) is 8.02. The summed E-state index contributed by atoms with van der Waals surface area (Å²) in [5.74, 6) is 0.586. The Bertz CT molecular complexity index is 705. The summed E-state index contributed by atoms with van der Waals surface area (Å²) in [6, 6.07) is 4.81. The number of nitrogens with one attached hydrogen (secondary N) is 1. The van der Waals surface area contributed by atoms with Crippen molar-refractivity contribution in [2.45, 2.75) is 77.3 Å². The van der Waals surface area contributed by atoms with Crippen LogP contribution in [0.2, 0.25) is 0 Å². The third-order valence-electron chi connectivity index (χ3n) is 5.75. The Morgan fingerprint density at radius 2 is 1.87 bits per heavy atom. The average molecular weight is 453 g/mol. The van der Waals surface area contributed by atoms with Crippen LogP contribution in [-0.4, -0.2) is 48.9 Å². The van der Waals surface area contributed by atoms with Gasteiger partial charge in [-0.3, -0.25) is 9.59 Å². The average Bonchev–Trinajstić information content (AvgIpc) is 3.05. The molecule has 1 aliphatic carbocycles. The predicted molar refractivity (Wildman–Crippen MR) is 124 cm³/mol. The van der Waals surface area contributed by atoms with Crippen LogP contribution in [0.5, 0.6) is 11.5 Å². The molecule has 6 nitrogen and oxygen atoms in total. The van der Waals surface area contributed by atoms with E-state index >= 15 is 0 Å². The van der Waals surface area contributed by atoms with Crippen LogP contribution in [0, 0.1) is 0 Å². The van der Waals surface area contributed by atoms with Gasteiger partial charge in [0, 0.05) is 12.6 Å². The number of methoxy groups -OCH3 is 1. The molecule has 2 amide bonds. The van der Waals surface area contributed by atoms with Gasteiger partial charge in [0.05, 0.1) is 13.7 Å². The first-order valence-electron chi connectivity index (χ1n) is 11.5. The molecule has 0 saturated heterocycles. The molecule has 1 atom stereocenters. The Hall–Kier alpha value is -1.95. The van der Waals surface area contributed by atoms with Gasteiger partial charge < -0.3 is 19.7 Å². The first kappa shape index (κ1) is 25.3. The quantitative estimate of drug-likeness (QED) is 0.385. The van der Waals surface area contributed by atoms with E-state index in [1.54, 1.807) is 24.1 Å². The largest absolute Gasteiger partial charge is 0.493 e. The second-order valence-corrected chi connectivity index (χ2v) is 8.28. The van der Waals surface area contributed by atoms with Crippen molar-refractivity contribution in [3.05, 3.63) is 23.8 Å². The van der Waals surface area contributed by atoms with Gasteiger partial charge in [-0.1, -0.05) is 45.1 Å². The van der Waals surface area contributed by atoms with Gasteiger partial charge >= 0.3 is 0 Å². The summed E-state index contributed by atoms with van der Waals surface area (Å²) in [4.78, 5) is 27.9. The Morgan fingerprint density at radius 3 is 2.45 bits per heavy atom. The second kappa shape index (κ2) is 13.5. The van der Waals surface area contributed by atoms with Crippen LogP contribution in [0.1, 0.15) is 76.8 Å². The van der Waals surface area contributed by atoms with Gasteiger partial charge in [0.2, 0.25) is 11.8 Å². The lowest BCUT2D eigenvalue weighted by Crippen LogP contribution is -2.47. The zero-order chi connectivity index (χ0) is 22.6. The highest BCUT2D eigenvalue weighted by Gasteiger charge is 2.32. The highest BCUT2D eigenvalue weighted by atomic mass is 35.5. The minimum Gasteiger partial charge on any atom is -0.493 e. The molecule has 0 bridgehead atoms. The van der Waals surface area contributed by atoms with Crippen molar-refractivity contribution in [1.82, 2.24) is 10.2 Å². The molecule has 1 aliphatic rings. The molecule has 0 aromatic heterocycles. The van der Waals surface area contributed by atoms with Gasteiger partial charge in [0.1, 0.15) is 11.9 Å². The van der Waals surface area contributed by atoms with E-state index in [1.807, 2.05) is 13.0 Å². The number of benzene rings is 1. The number of ether oxygens (including phenoxy) is 2. The van der Waals surface area contributed by atoms with E-state index in [1.165, 1.54) is 12.8 Å².